The van der Waals surface area contributed by atoms with Crippen LogP contribution >= 0.6 is 11.6 Å². The molecule has 0 saturated carbocycles. The van der Waals surface area contributed by atoms with Crippen LogP contribution in [0.5, 0.6) is 0 Å². The lowest BCUT2D eigenvalue weighted by molar-refractivity contribution is -0.116. The monoisotopic (exact) mass is 289 g/mol. The van der Waals surface area contributed by atoms with Crippen molar-refractivity contribution in [2.24, 2.45) is 0 Å². The Hall–Kier alpha value is -1.94. The Labute approximate surface area is 123 Å². The van der Waals surface area contributed by atoms with Gasteiger partial charge in [0.2, 0.25) is 11.9 Å². The van der Waals surface area contributed by atoms with Gasteiger partial charge in [-0.15, -0.1) is 0 Å². The molecule has 20 heavy (non-hydrogen) atoms. The number of benzene rings is 1. The molecule has 0 radical (unpaired) electrons. The lowest BCUT2D eigenvalue weighted by atomic mass is 10.1. The molecule has 4 nitrogen and oxygen atoms in total. The van der Waals surface area contributed by atoms with E-state index in [2.05, 4.69) is 21.4 Å². The zero-order valence-corrected chi connectivity index (χ0v) is 12.2. The van der Waals surface area contributed by atoms with E-state index in [0.717, 1.165) is 11.3 Å². The van der Waals surface area contributed by atoms with E-state index >= 15 is 0 Å². The summed E-state index contributed by atoms with van der Waals surface area (Å²) in [5.74, 6) is 0.136. The summed E-state index contributed by atoms with van der Waals surface area (Å²) >= 11 is 5.82. The molecule has 1 aromatic heterocycles. The van der Waals surface area contributed by atoms with Gasteiger partial charge in [-0.05, 0) is 31.9 Å². The number of nitrogens with zero attached hydrogens (tertiary/aromatic N) is 2. The summed E-state index contributed by atoms with van der Waals surface area (Å²) in [5, 5.41) is 2.99. The number of aromatic nitrogens is 2. The minimum absolute atomic E-state index is 0.117. The van der Waals surface area contributed by atoms with Gasteiger partial charge < -0.3 is 0 Å². The van der Waals surface area contributed by atoms with Crippen molar-refractivity contribution >= 4 is 23.5 Å². The normalized spacial score (nSPS) is 10.3. The average molecular weight is 290 g/mol. The summed E-state index contributed by atoms with van der Waals surface area (Å²) in [5.41, 5.74) is 3.05. The first-order chi connectivity index (χ1) is 9.52. The number of hydrogen-bond donors (Lipinski definition) is 1. The quantitative estimate of drug-likeness (QED) is 0.879. The molecule has 1 N–H and O–H groups in total. The SMILES string of the molecule is Cc1cccc(CCC(=O)Nc2nc(C)cc(Cl)n2)c1. The Morgan fingerprint density at radius 3 is 2.75 bits per heavy atom. The molecule has 2 rings (SSSR count). The highest BCUT2D eigenvalue weighted by Crippen LogP contribution is 2.11. The molecule has 0 aliphatic rings. The highest BCUT2D eigenvalue weighted by Gasteiger charge is 2.06. The number of rotatable bonds is 4. The first-order valence-electron chi connectivity index (χ1n) is 6.39. The second-order valence-electron chi connectivity index (χ2n) is 4.69. The van der Waals surface area contributed by atoms with Gasteiger partial charge >= 0.3 is 0 Å². The second-order valence-corrected chi connectivity index (χ2v) is 5.08. The Morgan fingerprint density at radius 1 is 1.25 bits per heavy atom. The summed E-state index contributed by atoms with van der Waals surface area (Å²) in [6.45, 7) is 3.84. The van der Waals surface area contributed by atoms with E-state index in [1.54, 1.807) is 13.0 Å². The van der Waals surface area contributed by atoms with Crippen molar-refractivity contribution in [2.45, 2.75) is 26.7 Å². The van der Waals surface area contributed by atoms with Crippen molar-refractivity contribution in [1.29, 1.82) is 0 Å². The second kappa shape index (κ2) is 6.48. The fourth-order valence-electron chi connectivity index (χ4n) is 1.90. The molecule has 1 amide bonds. The third kappa shape index (κ3) is 4.31. The van der Waals surface area contributed by atoms with Gasteiger partial charge in [-0.1, -0.05) is 41.4 Å². The topological polar surface area (TPSA) is 54.9 Å². The van der Waals surface area contributed by atoms with Gasteiger partial charge in [0, 0.05) is 12.1 Å². The van der Waals surface area contributed by atoms with Crippen LogP contribution in [0.4, 0.5) is 5.95 Å². The molecule has 5 heteroatoms. The summed E-state index contributed by atoms with van der Waals surface area (Å²) in [4.78, 5) is 19.9. The molecule has 1 aromatic carbocycles. The number of hydrogen-bond acceptors (Lipinski definition) is 3. The number of carbonyl (C=O) groups excluding carboxylic acids is 1. The van der Waals surface area contributed by atoms with Crippen molar-refractivity contribution in [2.75, 3.05) is 5.32 Å². The molecule has 0 bridgehead atoms. The maximum atomic E-state index is 11.9. The molecule has 0 aliphatic carbocycles. The van der Waals surface area contributed by atoms with Crippen LogP contribution in [0, 0.1) is 13.8 Å². The standard InChI is InChI=1S/C15H16ClN3O/c1-10-4-3-5-12(8-10)6-7-14(20)19-15-17-11(2)9-13(16)18-15/h3-5,8-9H,6-7H2,1-2H3,(H,17,18,19,20). The predicted octanol–water partition coefficient (Wildman–Crippen LogP) is 3.32. The van der Waals surface area contributed by atoms with E-state index in [9.17, 15) is 4.79 Å². The Balaban J connectivity index is 1.92. The van der Waals surface area contributed by atoms with Gasteiger partial charge in [0.1, 0.15) is 5.15 Å². The third-order valence-corrected chi connectivity index (χ3v) is 2.99. The van der Waals surface area contributed by atoms with Crippen LogP contribution in [-0.2, 0) is 11.2 Å². The molecule has 0 saturated heterocycles. The predicted molar refractivity (Wildman–Crippen MR) is 79.9 cm³/mol. The maximum Gasteiger partial charge on any atom is 0.231 e. The van der Waals surface area contributed by atoms with E-state index < -0.39 is 0 Å². The molecule has 2 aromatic rings. The van der Waals surface area contributed by atoms with Gasteiger partial charge in [0.05, 0.1) is 0 Å². The van der Waals surface area contributed by atoms with E-state index in [4.69, 9.17) is 11.6 Å². The Bertz CT molecular complexity index is 608. The molecule has 0 fully saturated rings. The van der Waals surface area contributed by atoms with Gasteiger partial charge in [0.15, 0.2) is 0 Å². The fraction of sp³-hybridized carbons (Fsp3) is 0.267. The van der Waals surface area contributed by atoms with Gasteiger partial charge in [0.25, 0.3) is 0 Å². The van der Waals surface area contributed by atoms with Crippen molar-refractivity contribution in [1.82, 2.24) is 9.97 Å². The van der Waals surface area contributed by atoms with E-state index in [-0.39, 0.29) is 11.9 Å². The summed E-state index contributed by atoms with van der Waals surface area (Å²) in [6.07, 6.45) is 1.07. The molecule has 0 aliphatic heterocycles. The van der Waals surface area contributed by atoms with E-state index in [1.807, 2.05) is 25.1 Å². The average Bonchev–Trinajstić information content (AvgIpc) is 2.35. The number of amides is 1. The van der Waals surface area contributed by atoms with Gasteiger partial charge in [-0.25, -0.2) is 9.97 Å². The third-order valence-electron chi connectivity index (χ3n) is 2.80. The van der Waals surface area contributed by atoms with Crippen LogP contribution in [0.15, 0.2) is 30.3 Å². The maximum absolute atomic E-state index is 11.9. The van der Waals surface area contributed by atoms with E-state index in [0.29, 0.717) is 18.0 Å². The fourth-order valence-corrected chi connectivity index (χ4v) is 2.14. The summed E-state index contributed by atoms with van der Waals surface area (Å²) in [7, 11) is 0. The molecule has 104 valence electrons. The van der Waals surface area contributed by atoms with Crippen molar-refractivity contribution in [3.63, 3.8) is 0 Å². The van der Waals surface area contributed by atoms with Crippen molar-refractivity contribution in [3.05, 3.63) is 52.3 Å². The smallest absolute Gasteiger partial charge is 0.231 e. The minimum Gasteiger partial charge on any atom is -0.294 e. The van der Waals surface area contributed by atoms with E-state index in [1.165, 1.54) is 5.56 Å². The molecular weight excluding hydrogens is 274 g/mol. The number of carbonyl (C=O) groups is 1. The van der Waals surface area contributed by atoms with Crippen LogP contribution in [0.25, 0.3) is 0 Å². The molecular formula is C15H16ClN3O. The minimum atomic E-state index is -0.117. The van der Waals surface area contributed by atoms with Crippen LogP contribution in [0.3, 0.4) is 0 Å². The van der Waals surface area contributed by atoms with Crippen LogP contribution in [0.2, 0.25) is 5.15 Å². The first-order valence-corrected chi connectivity index (χ1v) is 6.77. The highest BCUT2D eigenvalue weighted by atomic mass is 35.5. The molecule has 0 spiro atoms. The van der Waals surface area contributed by atoms with Gasteiger partial charge in [-0.3, -0.25) is 10.1 Å². The Morgan fingerprint density at radius 2 is 2.05 bits per heavy atom. The zero-order chi connectivity index (χ0) is 14.5. The number of halogens is 1. The lowest BCUT2D eigenvalue weighted by Crippen LogP contribution is -2.15. The summed E-state index contributed by atoms with van der Waals surface area (Å²) in [6, 6.07) is 9.76. The number of aryl methyl sites for hydroxylation is 3. The van der Waals surface area contributed by atoms with Crippen molar-refractivity contribution < 1.29 is 4.79 Å². The number of anilines is 1. The molecule has 0 atom stereocenters. The Kier molecular flexibility index (Phi) is 4.69. The largest absolute Gasteiger partial charge is 0.294 e. The van der Waals surface area contributed by atoms with Crippen LogP contribution in [0.1, 0.15) is 23.2 Å². The lowest BCUT2D eigenvalue weighted by Gasteiger charge is -2.05. The first kappa shape index (κ1) is 14.5. The zero-order valence-electron chi connectivity index (χ0n) is 11.5. The molecule has 0 unspecified atom stereocenters. The highest BCUT2D eigenvalue weighted by molar-refractivity contribution is 6.29. The van der Waals surface area contributed by atoms with Crippen LogP contribution in [-0.4, -0.2) is 15.9 Å². The number of nitrogens with one attached hydrogen (secondary N) is 1. The van der Waals surface area contributed by atoms with Crippen molar-refractivity contribution in [3.8, 4) is 0 Å². The molecule has 1 heterocycles. The van der Waals surface area contributed by atoms with Gasteiger partial charge in [-0.2, -0.15) is 0 Å². The van der Waals surface area contributed by atoms with Crippen LogP contribution < -0.4 is 5.32 Å². The summed E-state index contributed by atoms with van der Waals surface area (Å²) < 4.78 is 0.